The maximum Gasteiger partial charge on any atom is 0.239 e. The van der Waals surface area contributed by atoms with Crippen LogP contribution in [0.15, 0.2) is 12.3 Å². The summed E-state index contributed by atoms with van der Waals surface area (Å²) in [6, 6.07) is 1.94. The lowest BCUT2D eigenvalue weighted by Gasteiger charge is -2.39. The molecule has 0 radical (unpaired) electrons. The normalized spacial score (nSPS) is 19.1. The first-order valence-electron chi connectivity index (χ1n) is 6.21. The SMILES string of the molecule is CCC1(C)CCN(c2ccnc(NN)n2)CC1. The van der Waals surface area contributed by atoms with Gasteiger partial charge in [0.2, 0.25) is 5.95 Å². The van der Waals surface area contributed by atoms with Gasteiger partial charge in [0.05, 0.1) is 0 Å². The first-order valence-corrected chi connectivity index (χ1v) is 6.21. The molecule has 0 aliphatic carbocycles. The fourth-order valence-corrected chi connectivity index (χ4v) is 2.22. The molecule has 1 aliphatic heterocycles. The van der Waals surface area contributed by atoms with Gasteiger partial charge in [-0.15, -0.1) is 0 Å². The summed E-state index contributed by atoms with van der Waals surface area (Å²) in [4.78, 5) is 10.7. The second kappa shape index (κ2) is 4.87. The Bertz CT molecular complexity index is 371. The molecule has 0 aromatic carbocycles. The van der Waals surface area contributed by atoms with E-state index in [9.17, 15) is 0 Å². The van der Waals surface area contributed by atoms with Crippen molar-refractivity contribution in [3.63, 3.8) is 0 Å². The third-order valence-electron chi connectivity index (χ3n) is 3.92. The van der Waals surface area contributed by atoms with Gasteiger partial charge in [-0.2, -0.15) is 4.98 Å². The van der Waals surface area contributed by atoms with Crippen LogP contribution in [0.5, 0.6) is 0 Å². The molecule has 2 rings (SSSR count). The molecule has 1 aliphatic rings. The van der Waals surface area contributed by atoms with Crippen LogP contribution in [-0.2, 0) is 0 Å². The Morgan fingerprint density at radius 1 is 1.47 bits per heavy atom. The Balaban J connectivity index is 2.05. The molecule has 1 aromatic rings. The maximum atomic E-state index is 5.32. The largest absolute Gasteiger partial charge is 0.356 e. The van der Waals surface area contributed by atoms with Gasteiger partial charge < -0.3 is 4.90 Å². The van der Waals surface area contributed by atoms with E-state index in [0.717, 1.165) is 18.9 Å². The molecule has 0 saturated carbocycles. The Labute approximate surface area is 102 Å². The Morgan fingerprint density at radius 3 is 2.76 bits per heavy atom. The second-order valence-electron chi connectivity index (χ2n) is 5.03. The lowest BCUT2D eigenvalue weighted by atomic mass is 9.78. The predicted octanol–water partition coefficient (Wildman–Crippen LogP) is 1.78. The van der Waals surface area contributed by atoms with Crippen molar-refractivity contribution < 1.29 is 0 Å². The van der Waals surface area contributed by atoms with Crippen molar-refractivity contribution in [2.45, 2.75) is 33.1 Å². The highest BCUT2D eigenvalue weighted by Gasteiger charge is 2.28. The number of rotatable bonds is 3. The van der Waals surface area contributed by atoms with Gasteiger partial charge >= 0.3 is 0 Å². The minimum absolute atomic E-state index is 0.478. The summed E-state index contributed by atoms with van der Waals surface area (Å²) in [5.74, 6) is 6.76. The number of hydrogen-bond donors (Lipinski definition) is 2. The topological polar surface area (TPSA) is 67.1 Å². The number of nitrogens with one attached hydrogen (secondary N) is 1. The number of piperidine rings is 1. The van der Waals surface area contributed by atoms with Gasteiger partial charge in [0.25, 0.3) is 0 Å². The maximum absolute atomic E-state index is 5.32. The van der Waals surface area contributed by atoms with Gasteiger partial charge in [-0.25, -0.2) is 10.8 Å². The van der Waals surface area contributed by atoms with Crippen molar-refractivity contribution >= 4 is 11.8 Å². The molecule has 1 fully saturated rings. The average Bonchev–Trinajstić information content (AvgIpc) is 2.40. The molecule has 0 amide bonds. The zero-order chi connectivity index (χ0) is 12.3. The van der Waals surface area contributed by atoms with Crippen LogP contribution in [0, 0.1) is 5.41 Å². The van der Waals surface area contributed by atoms with Crippen LogP contribution in [0.4, 0.5) is 11.8 Å². The molecule has 3 N–H and O–H groups in total. The van der Waals surface area contributed by atoms with Crippen molar-refractivity contribution in [2.75, 3.05) is 23.4 Å². The number of nitrogen functional groups attached to an aromatic ring is 1. The highest BCUT2D eigenvalue weighted by Crippen LogP contribution is 2.35. The number of aromatic nitrogens is 2. The van der Waals surface area contributed by atoms with Crippen molar-refractivity contribution in [3.8, 4) is 0 Å². The van der Waals surface area contributed by atoms with Crippen LogP contribution in [0.3, 0.4) is 0 Å². The zero-order valence-electron chi connectivity index (χ0n) is 10.6. The molecule has 5 heteroatoms. The standard InChI is InChI=1S/C12H21N5/c1-3-12(2)5-8-17(9-6-12)10-4-7-14-11(15-10)16-13/h4,7H,3,5-6,8-9,13H2,1-2H3,(H,14,15,16). The molecule has 1 aromatic heterocycles. The van der Waals surface area contributed by atoms with Gasteiger partial charge in [-0.1, -0.05) is 20.3 Å². The van der Waals surface area contributed by atoms with Crippen LogP contribution in [0.1, 0.15) is 33.1 Å². The molecule has 0 spiro atoms. The molecular weight excluding hydrogens is 214 g/mol. The summed E-state index contributed by atoms with van der Waals surface area (Å²) in [5, 5.41) is 0. The lowest BCUT2D eigenvalue weighted by Crippen LogP contribution is -2.39. The van der Waals surface area contributed by atoms with Crippen molar-refractivity contribution in [3.05, 3.63) is 12.3 Å². The second-order valence-corrected chi connectivity index (χ2v) is 5.03. The fourth-order valence-electron chi connectivity index (χ4n) is 2.22. The minimum Gasteiger partial charge on any atom is -0.356 e. The van der Waals surface area contributed by atoms with Crippen LogP contribution < -0.4 is 16.2 Å². The molecule has 1 saturated heterocycles. The summed E-state index contributed by atoms with van der Waals surface area (Å²) < 4.78 is 0. The van der Waals surface area contributed by atoms with E-state index in [4.69, 9.17) is 5.84 Å². The van der Waals surface area contributed by atoms with Crippen LogP contribution in [0.25, 0.3) is 0 Å². The van der Waals surface area contributed by atoms with E-state index in [0.29, 0.717) is 11.4 Å². The predicted molar refractivity (Wildman–Crippen MR) is 69.7 cm³/mol. The molecule has 17 heavy (non-hydrogen) atoms. The van der Waals surface area contributed by atoms with Crippen molar-refractivity contribution in [1.29, 1.82) is 0 Å². The minimum atomic E-state index is 0.478. The van der Waals surface area contributed by atoms with E-state index in [2.05, 4.69) is 34.1 Å². The van der Waals surface area contributed by atoms with E-state index < -0.39 is 0 Å². The number of nitrogens with two attached hydrogens (primary N) is 1. The first kappa shape index (κ1) is 12.1. The molecule has 5 nitrogen and oxygen atoms in total. The van der Waals surface area contributed by atoms with Crippen molar-refractivity contribution in [1.82, 2.24) is 9.97 Å². The van der Waals surface area contributed by atoms with Crippen LogP contribution in [-0.4, -0.2) is 23.1 Å². The number of hydrazine groups is 1. The zero-order valence-corrected chi connectivity index (χ0v) is 10.6. The lowest BCUT2D eigenvalue weighted by molar-refractivity contribution is 0.238. The average molecular weight is 235 g/mol. The van der Waals surface area contributed by atoms with Crippen LogP contribution >= 0.6 is 0 Å². The first-order chi connectivity index (χ1) is 8.17. The van der Waals surface area contributed by atoms with E-state index in [-0.39, 0.29) is 0 Å². The smallest absolute Gasteiger partial charge is 0.239 e. The Hall–Kier alpha value is -1.36. The quantitative estimate of drug-likeness (QED) is 0.617. The van der Waals surface area contributed by atoms with E-state index in [1.165, 1.54) is 19.3 Å². The summed E-state index contributed by atoms with van der Waals surface area (Å²) in [6.45, 7) is 6.77. The molecule has 0 bridgehead atoms. The van der Waals surface area contributed by atoms with Crippen molar-refractivity contribution in [2.24, 2.45) is 11.3 Å². The Morgan fingerprint density at radius 2 is 2.18 bits per heavy atom. The fraction of sp³-hybridized carbons (Fsp3) is 0.667. The molecule has 0 unspecified atom stereocenters. The monoisotopic (exact) mass is 235 g/mol. The van der Waals surface area contributed by atoms with Gasteiger partial charge in [0.1, 0.15) is 5.82 Å². The number of hydrogen-bond acceptors (Lipinski definition) is 5. The van der Waals surface area contributed by atoms with Gasteiger partial charge in [0.15, 0.2) is 0 Å². The molecular formula is C12H21N5. The van der Waals surface area contributed by atoms with Crippen LogP contribution in [0.2, 0.25) is 0 Å². The number of nitrogens with zero attached hydrogens (tertiary/aromatic N) is 3. The summed E-state index contributed by atoms with van der Waals surface area (Å²) in [7, 11) is 0. The highest BCUT2D eigenvalue weighted by molar-refractivity contribution is 5.42. The van der Waals surface area contributed by atoms with E-state index in [1.807, 2.05) is 6.07 Å². The summed E-state index contributed by atoms with van der Waals surface area (Å²) >= 11 is 0. The number of anilines is 2. The molecule has 94 valence electrons. The Kier molecular flexibility index (Phi) is 3.47. The van der Waals surface area contributed by atoms with Gasteiger partial charge in [0, 0.05) is 19.3 Å². The summed E-state index contributed by atoms with van der Waals surface area (Å²) in [5.41, 5.74) is 2.98. The molecule has 2 heterocycles. The third kappa shape index (κ3) is 2.66. The third-order valence-corrected chi connectivity index (χ3v) is 3.92. The van der Waals surface area contributed by atoms with Gasteiger partial charge in [-0.05, 0) is 24.3 Å². The summed E-state index contributed by atoms with van der Waals surface area (Å²) in [6.07, 6.45) is 5.43. The highest BCUT2D eigenvalue weighted by atomic mass is 15.3. The van der Waals surface area contributed by atoms with E-state index >= 15 is 0 Å². The van der Waals surface area contributed by atoms with Gasteiger partial charge in [-0.3, -0.25) is 5.43 Å². The van der Waals surface area contributed by atoms with E-state index in [1.54, 1.807) is 6.20 Å². The molecule has 0 atom stereocenters.